The molecule has 0 aromatic carbocycles. The summed E-state index contributed by atoms with van der Waals surface area (Å²) in [5, 5.41) is 0.529. The molecule has 7 nitrogen and oxygen atoms in total. The smallest absolute Gasteiger partial charge is 0.410 e. The van der Waals surface area contributed by atoms with Crippen LogP contribution in [0.2, 0.25) is 0 Å². The van der Waals surface area contributed by atoms with Gasteiger partial charge in [-0.1, -0.05) is 11.3 Å². The van der Waals surface area contributed by atoms with Crippen molar-refractivity contribution in [1.82, 2.24) is 9.88 Å². The molecule has 0 saturated heterocycles. The Morgan fingerprint density at radius 3 is 2.75 bits per heavy atom. The molecule has 1 aromatic rings. The van der Waals surface area contributed by atoms with Crippen LogP contribution < -0.4 is 11.5 Å². The van der Waals surface area contributed by atoms with Crippen LogP contribution in [0.3, 0.4) is 0 Å². The van der Waals surface area contributed by atoms with Gasteiger partial charge in [-0.25, -0.2) is 9.78 Å². The lowest BCUT2D eigenvalue weighted by atomic mass is 10.2. The number of carbonyl (C=O) groups is 1. The number of amides is 1. The fourth-order valence-electron chi connectivity index (χ4n) is 1.82. The summed E-state index contributed by atoms with van der Waals surface area (Å²) in [7, 11) is 0. The first kappa shape index (κ1) is 14.6. The molecule has 1 aliphatic heterocycles. The largest absolute Gasteiger partial charge is 0.444 e. The molecule has 0 bridgehead atoms. The van der Waals surface area contributed by atoms with Crippen LogP contribution in [-0.4, -0.2) is 34.1 Å². The van der Waals surface area contributed by atoms with Gasteiger partial charge >= 0.3 is 6.09 Å². The second-order valence-electron chi connectivity index (χ2n) is 5.55. The van der Waals surface area contributed by atoms with Crippen molar-refractivity contribution < 1.29 is 9.53 Å². The third-order valence-electron chi connectivity index (χ3n) is 2.60. The lowest BCUT2D eigenvalue weighted by molar-refractivity contribution is 0.0226. The number of aliphatic imine (C=N–C) groups is 1. The van der Waals surface area contributed by atoms with Gasteiger partial charge in [-0.05, 0) is 20.8 Å². The van der Waals surface area contributed by atoms with Gasteiger partial charge in [-0.3, -0.25) is 0 Å². The van der Waals surface area contributed by atoms with Crippen LogP contribution in [0.25, 0.3) is 0 Å². The summed E-state index contributed by atoms with van der Waals surface area (Å²) < 4.78 is 5.37. The average molecular weight is 297 g/mol. The second-order valence-corrected chi connectivity index (χ2v) is 6.62. The Morgan fingerprint density at radius 2 is 2.15 bits per heavy atom. The van der Waals surface area contributed by atoms with Crippen molar-refractivity contribution in [3.8, 4) is 0 Å². The van der Waals surface area contributed by atoms with Crippen molar-refractivity contribution in [2.45, 2.75) is 39.3 Å². The van der Waals surface area contributed by atoms with Gasteiger partial charge in [0.05, 0.1) is 12.2 Å². The quantitative estimate of drug-likeness (QED) is 0.601. The number of fused-ring (bicyclic) bond motifs is 1. The predicted octanol–water partition coefficient (Wildman–Crippen LogP) is 1.34. The van der Waals surface area contributed by atoms with Crippen molar-refractivity contribution in [1.29, 1.82) is 0 Å². The number of guanidine groups is 1. The van der Waals surface area contributed by atoms with Crippen molar-refractivity contribution in [2.75, 3.05) is 6.54 Å². The van der Waals surface area contributed by atoms with Crippen LogP contribution in [0.1, 0.15) is 31.3 Å². The van der Waals surface area contributed by atoms with Gasteiger partial charge in [0.15, 0.2) is 5.96 Å². The first-order valence-corrected chi connectivity index (χ1v) is 7.12. The van der Waals surface area contributed by atoms with E-state index in [1.807, 2.05) is 20.8 Å². The number of carbonyl (C=O) groups excluding carboxylic acids is 1. The zero-order chi connectivity index (χ0) is 14.9. The lowest BCUT2D eigenvalue weighted by Gasteiger charge is -2.29. The maximum atomic E-state index is 12.0. The normalized spacial score (nSPS) is 14.7. The minimum Gasteiger partial charge on any atom is -0.444 e. The molecule has 0 aliphatic carbocycles. The van der Waals surface area contributed by atoms with E-state index in [-0.39, 0.29) is 12.1 Å². The molecule has 1 aromatic heterocycles. The molecule has 8 heteroatoms. The SMILES string of the molecule is CC(C)(C)OC(=O)N1CCc2nc(N=C(N)N)sc2C1. The molecule has 1 aliphatic rings. The summed E-state index contributed by atoms with van der Waals surface area (Å²) >= 11 is 1.39. The highest BCUT2D eigenvalue weighted by Gasteiger charge is 2.27. The highest BCUT2D eigenvalue weighted by molar-refractivity contribution is 7.15. The Labute approximate surface area is 121 Å². The molecule has 0 fully saturated rings. The van der Waals surface area contributed by atoms with E-state index in [4.69, 9.17) is 16.2 Å². The maximum Gasteiger partial charge on any atom is 0.410 e. The van der Waals surface area contributed by atoms with E-state index in [9.17, 15) is 4.79 Å². The summed E-state index contributed by atoms with van der Waals surface area (Å²) in [5.41, 5.74) is 11.1. The zero-order valence-corrected chi connectivity index (χ0v) is 12.7. The molecule has 0 spiro atoms. The summed E-state index contributed by atoms with van der Waals surface area (Å²) in [5.74, 6) is -0.0138. The topological polar surface area (TPSA) is 107 Å². The summed E-state index contributed by atoms with van der Waals surface area (Å²) in [6.07, 6.45) is 0.380. The van der Waals surface area contributed by atoms with Gasteiger partial charge in [-0.2, -0.15) is 4.99 Å². The summed E-state index contributed by atoms with van der Waals surface area (Å²) in [6, 6.07) is 0. The van der Waals surface area contributed by atoms with Gasteiger partial charge < -0.3 is 21.1 Å². The Bertz CT molecular complexity index is 543. The minimum atomic E-state index is -0.492. The van der Waals surface area contributed by atoms with Crippen LogP contribution >= 0.6 is 11.3 Å². The molecule has 20 heavy (non-hydrogen) atoms. The zero-order valence-electron chi connectivity index (χ0n) is 11.8. The number of nitrogens with zero attached hydrogens (tertiary/aromatic N) is 3. The monoisotopic (exact) mass is 297 g/mol. The van der Waals surface area contributed by atoms with E-state index >= 15 is 0 Å². The second kappa shape index (κ2) is 5.28. The number of rotatable bonds is 1. The first-order valence-electron chi connectivity index (χ1n) is 6.31. The van der Waals surface area contributed by atoms with E-state index in [1.54, 1.807) is 4.90 Å². The molecule has 4 N–H and O–H groups in total. The van der Waals surface area contributed by atoms with Crippen molar-refractivity contribution in [2.24, 2.45) is 16.5 Å². The number of hydrogen-bond donors (Lipinski definition) is 2. The Morgan fingerprint density at radius 1 is 1.45 bits per heavy atom. The molecule has 2 rings (SSSR count). The van der Waals surface area contributed by atoms with Gasteiger partial charge in [0, 0.05) is 17.8 Å². The number of thiazole rings is 1. The molecule has 0 radical (unpaired) electrons. The van der Waals surface area contributed by atoms with Crippen LogP contribution in [0.15, 0.2) is 4.99 Å². The van der Waals surface area contributed by atoms with Crippen LogP contribution in [0, 0.1) is 0 Å². The molecular weight excluding hydrogens is 278 g/mol. The first-order chi connectivity index (χ1) is 9.24. The molecule has 110 valence electrons. The number of nitrogens with two attached hydrogens (primary N) is 2. The van der Waals surface area contributed by atoms with Crippen molar-refractivity contribution >= 4 is 28.5 Å². The van der Waals surface area contributed by atoms with Gasteiger partial charge in [-0.15, -0.1) is 0 Å². The molecule has 0 unspecified atom stereocenters. The van der Waals surface area contributed by atoms with E-state index in [1.165, 1.54) is 11.3 Å². The van der Waals surface area contributed by atoms with E-state index < -0.39 is 5.60 Å². The highest BCUT2D eigenvalue weighted by Crippen LogP contribution is 2.30. The standard InChI is InChI=1S/C12H19N5O2S/c1-12(2,3)19-11(18)17-5-4-7-8(6-17)20-10(15-7)16-9(13)14/h4-6H2,1-3H3,(H4,13,14,15,16). The number of aromatic nitrogens is 1. The Balaban J connectivity index is 2.09. The average Bonchev–Trinajstić information content (AvgIpc) is 2.66. The Kier molecular flexibility index (Phi) is 3.85. The predicted molar refractivity (Wildman–Crippen MR) is 77.9 cm³/mol. The minimum absolute atomic E-state index is 0.0138. The van der Waals surface area contributed by atoms with Crippen LogP contribution in [0.4, 0.5) is 9.93 Å². The van der Waals surface area contributed by atoms with Gasteiger partial charge in [0.2, 0.25) is 5.13 Å². The molecule has 2 heterocycles. The van der Waals surface area contributed by atoms with Crippen LogP contribution in [-0.2, 0) is 17.7 Å². The number of ether oxygens (including phenoxy) is 1. The maximum absolute atomic E-state index is 12.0. The molecule has 0 atom stereocenters. The number of hydrogen-bond acceptors (Lipinski definition) is 5. The van der Waals surface area contributed by atoms with E-state index in [0.717, 1.165) is 10.6 Å². The lowest BCUT2D eigenvalue weighted by Crippen LogP contribution is -2.39. The van der Waals surface area contributed by atoms with Crippen molar-refractivity contribution in [3.63, 3.8) is 0 Å². The molecule has 1 amide bonds. The van der Waals surface area contributed by atoms with Gasteiger partial charge in [0.1, 0.15) is 5.60 Å². The fraction of sp³-hybridized carbons (Fsp3) is 0.583. The van der Waals surface area contributed by atoms with E-state index in [0.29, 0.717) is 24.6 Å². The van der Waals surface area contributed by atoms with Gasteiger partial charge in [0.25, 0.3) is 0 Å². The summed E-state index contributed by atoms with van der Waals surface area (Å²) in [6.45, 7) is 6.63. The Hall–Kier alpha value is -1.83. The highest BCUT2D eigenvalue weighted by atomic mass is 32.1. The van der Waals surface area contributed by atoms with Crippen LogP contribution in [0.5, 0.6) is 0 Å². The third-order valence-corrected chi connectivity index (χ3v) is 3.57. The summed E-state index contributed by atoms with van der Waals surface area (Å²) in [4.78, 5) is 23.0. The fourth-order valence-corrected chi connectivity index (χ4v) is 2.84. The van der Waals surface area contributed by atoms with E-state index in [2.05, 4.69) is 9.98 Å². The molecule has 0 saturated carbocycles. The molecular formula is C12H19N5O2S. The van der Waals surface area contributed by atoms with Crippen molar-refractivity contribution in [3.05, 3.63) is 10.6 Å². The third kappa shape index (κ3) is 3.60.